The molecule has 1 fully saturated rings. The molecule has 0 bridgehead atoms. The molecule has 3 nitrogen and oxygen atoms in total. The van der Waals surface area contributed by atoms with Crippen LogP contribution in [0.1, 0.15) is 33.1 Å². The smallest absolute Gasteiger partial charge is 0.196 e. The Morgan fingerprint density at radius 2 is 2.10 bits per heavy atom. The third kappa shape index (κ3) is 2.23. The second-order valence-electron chi connectivity index (χ2n) is 6.67. The number of anilines is 1. The number of nitrogens with zero attached hydrogens (tertiary/aromatic N) is 2. The molecule has 1 heterocycles. The number of nitrogens with two attached hydrogens (primary N) is 1. The predicted octanol–water partition coefficient (Wildman–Crippen LogP) is 4.19. The molecule has 0 amide bonds. The fourth-order valence-corrected chi connectivity index (χ4v) is 4.09. The van der Waals surface area contributed by atoms with Crippen molar-refractivity contribution in [1.29, 1.82) is 0 Å². The van der Waals surface area contributed by atoms with Crippen molar-refractivity contribution in [2.75, 3.05) is 11.4 Å². The summed E-state index contributed by atoms with van der Waals surface area (Å²) in [4.78, 5) is 6.73. The first kappa shape index (κ1) is 14.2. The predicted molar refractivity (Wildman–Crippen MR) is 88.5 cm³/mol. The molecule has 2 aliphatic rings. The molecule has 1 aromatic rings. The van der Waals surface area contributed by atoms with E-state index < -0.39 is 0 Å². The summed E-state index contributed by atoms with van der Waals surface area (Å²) in [6.45, 7) is 5.45. The van der Waals surface area contributed by atoms with Crippen LogP contribution >= 0.6 is 27.5 Å². The lowest BCUT2D eigenvalue weighted by Crippen LogP contribution is -2.50. The van der Waals surface area contributed by atoms with Crippen molar-refractivity contribution < 1.29 is 0 Å². The quantitative estimate of drug-likeness (QED) is 0.820. The summed E-state index contributed by atoms with van der Waals surface area (Å²) in [5, 5.41) is 0.712. The maximum atomic E-state index is 6.17. The van der Waals surface area contributed by atoms with Crippen molar-refractivity contribution in [3.8, 4) is 0 Å². The Morgan fingerprint density at radius 1 is 1.35 bits per heavy atom. The molecule has 1 spiro atoms. The van der Waals surface area contributed by atoms with Crippen LogP contribution in [0.15, 0.2) is 27.7 Å². The molecule has 1 aliphatic heterocycles. The molecular weight excluding hydrogens is 338 g/mol. The molecular formula is C15H19BrClN3. The van der Waals surface area contributed by atoms with Crippen LogP contribution in [0.4, 0.5) is 5.69 Å². The summed E-state index contributed by atoms with van der Waals surface area (Å²) in [5.74, 6) is 0.622. The van der Waals surface area contributed by atoms with Gasteiger partial charge in [0.1, 0.15) is 0 Å². The van der Waals surface area contributed by atoms with Gasteiger partial charge < -0.3 is 10.6 Å². The Bertz CT molecular complexity index is 584. The van der Waals surface area contributed by atoms with E-state index >= 15 is 0 Å². The first-order valence-electron chi connectivity index (χ1n) is 6.88. The zero-order valence-corrected chi connectivity index (χ0v) is 14.1. The van der Waals surface area contributed by atoms with Gasteiger partial charge in [-0.2, -0.15) is 0 Å². The number of hydrogen-bond donors (Lipinski definition) is 1. The molecule has 20 heavy (non-hydrogen) atoms. The minimum Gasteiger partial charge on any atom is -0.369 e. The number of hydrogen-bond acceptors (Lipinski definition) is 3. The summed E-state index contributed by atoms with van der Waals surface area (Å²) in [6, 6.07) is 5.96. The van der Waals surface area contributed by atoms with Gasteiger partial charge in [-0.1, -0.05) is 25.4 Å². The first-order chi connectivity index (χ1) is 9.33. The van der Waals surface area contributed by atoms with Crippen LogP contribution in [-0.2, 0) is 0 Å². The molecule has 1 atom stereocenters. The molecule has 1 aromatic carbocycles. The second kappa shape index (κ2) is 4.63. The van der Waals surface area contributed by atoms with Crippen molar-refractivity contribution in [3.05, 3.63) is 27.7 Å². The zero-order chi connectivity index (χ0) is 14.5. The third-order valence-electron chi connectivity index (χ3n) is 4.47. The van der Waals surface area contributed by atoms with Gasteiger partial charge in [0.25, 0.3) is 0 Å². The summed E-state index contributed by atoms with van der Waals surface area (Å²) >= 11 is 9.59. The van der Waals surface area contributed by atoms with E-state index in [1.54, 1.807) is 0 Å². The van der Waals surface area contributed by atoms with Gasteiger partial charge in [-0.3, -0.25) is 4.99 Å². The Balaban J connectivity index is 2.01. The van der Waals surface area contributed by atoms with Crippen molar-refractivity contribution in [1.82, 2.24) is 0 Å². The fraction of sp³-hybridized carbons (Fsp3) is 0.533. The van der Waals surface area contributed by atoms with Crippen LogP contribution in [0.2, 0.25) is 5.02 Å². The van der Waals surface area contributed by atoms with Crippen molar-refractivity contribution in [2.24, 2.45) is 16.1 Å². The van der Waals surface area contributed by atoms with E-state index in [-0.39, 0.29) is 5.54 Å². The van der Waals surface area contributed by atoms with E-state index in [1.807, 2.05) is 18.2 Å². The summed E-state index contributed by atoms with van der Waals surface area (Å²) < 4.78 is 0.892. The van der Waals surface area contributed by atoms with Crippen molar-refractivity contribution in [2.45, 2.75) is 38.6 Å². The highest BCUT2D eigenvalue weighted by Crippen LogP contribution is 2.50. The monoisotopic (exact) mass is 355 g/mol. The van der Waals surface area contributed by atoms with Gasteiger partial charge in [-0.05, 0) is 58.8 Å². The number of benzene rings is 1. The van der Waals surface area contributed by atoms with E-state index in [0.29, 0.717) is 16.4 Å². The fourth-order valence-electron chi connectivity index (χ4n) is 3.61. The van der Waals surface area contributed by atoms with E-state index in [1.165, 1.54) is 6.42 Å². The highest BCUT2D eigenvalue weighted by Gasteiger charge is 2.51. The topological polar surface area (TPSA) is 41.6 Å². The van der Waals surface area contributed by atoms with Gasteiger partial charge in [0.05, 0.1) is 17.1 Å². The Morgan fingerprint density at radius 3 is 2.70 bits per heavy atom. The van der Waals surface area contributed by atoms with E-state index in [2.05, 4.69) is 39.7 Å². The van der Waals surface area contributed by atoms with Crippen molar-refractivity contribution in [3.63, 3.8) is 0 Å². The van der Waals surface area contributed by atoms with Crippen LogP contribution < -0.4 is 10.6 Å². The Labute approximate surface area is 133 Å². The number of rotatable bonds is 1. The first-order valence-corrected chi connectivity index (χ1v) is 8.05. The molecule has 0 radical (unpaired) electrons. The average molecular weight is 357 g/mol. The molecule has 0 saturated heterocycles. The molecule has 5 heteroatoms. The summed E-state index contributed by atoms with van der Waals surface area (Å²) in [6.07, 6.45) is 3.45. The Kier molecular flexibility index (Phi) is 3.29. The lowest BCUT2D eigenvalue weighted by Gasteiger charge is -2.37. The minimum absolute atomic E-state index is 0.0425. The van der Waals surface area contributed by atoms with Crippen LogP contribution in [-0.4, -0.2) is 18.0 Å². The normalized spacial score (nSPS) is 28.2. The van der Waals surface area contributed by atoms with Gasteiger partial charge in [-0.15, -0.1) is 0 Å². The number of guanidine groups is 1. The number of halogens is 2. The second-order valence-corrected chi connectivity index (χ2v) is 7.94. The lowest BCUT2D eigenvalue weighted by atomic mass is 9.87. The molecule has 1 unspecified atom stereocenters. The molecule has 3 rings (SSSR count). The average Bonchev–Trinajstić information content (AvgIpc) is 2.84. The molecule has 108 valence electrons. The van der Waals surface area contributed by atoms with Gasteiger partial charge in [0.15, 0.2) is 5.96 Å². The van der Waals surface area contributed by atoms with Crippen LogP contribution in [0.3, 0.4) is 0 Å². The van der Waals surface area contributed by atoms with Gasteiger partial charge >= 0.3 is 0 Å². The Hall–Kier alpha value is -0.740. The highest BCUT2D eigenvalue weighted by atomic mass is 79.9. The van der Waals surface area contributed by atoms with Gasteiger partial charge in [0, 0.05) is 10.2 Å². The lowest BCUT2D eigenvalue weighted by molar-refractivity contribution is 0.346. The zero-order valence-electron chi connectivity index (χ0n) is 11.8. The third-order valence-corrected chi connectivity index (χ3v) is 5.69. The summed E-state index contributed by atoms with van der Waals surface area (Å²) in [5.41, 5.74) is 7.63. The molecule has 1 aliphatic carbocycles. The van der Waals surface area contributed by atoms with Gasteiger partial charge in [-0.25, -0.2) is 0 Å². The van der Waals surface area contributed by atoms with Crippen LogP contribution in [0.25, 0.3) is 0 Å². The minimum atomic E-state index is 0.0425. The maximum absolute atomic E-state index is 6.17. The molecule has 0 aromatic heterocycles. The number of aliphatic imine (C=N–C) groups is 1. The van der Waals surface area contributed by atoms with Crippen LogP contribution in [0, 0.1) is 5.41 Å². The van der Waals surface area contributed by atoms with E-state index in [0.717, 1.165) is 29.5 Å². The standard InChI is InChI=1S/C15H19BrClN3/c1-14(2)5-6-15(8-14)9-19-13(18)20(15)10-3-4-12(17)11(16)7-10/h3-4,7H,5-6,8-9H2,1-2H3,(H2,18,19). The largest absolute Gasteiger partial charge is 0.369 e. The SMILES string of the molecule is CC1(C)CCC2(CN=C(N)N2c2ccc(Cl)c(Br)c2)C1. The molecule has 2 N–H and O–H groups in total. The van der Waals surface area contributed by atoms with E-state index in [9.17, 15) is 0 Å². The maximum Gasteiger partial charge on any atom is 0.196 e. The summed E-state index contributed by atoms with van der Waals surface area (Å²) in [7, 11) is 0. The van der Waals surface area contributed by atoms with Crippen molar-refractivity contribution >= 4 is 39.2 Å². The molecule has 1 saturated carbocycles. The highest BCUT2D eigenvalue weighted by molar-refractivity contribution is 9.10. The van der Waals surface area contributed by atoms with Crippen LogP contribution in [0.5, 0.6) is 0 Å². The van der Waals surface area contributed by atoms with E-state index in [4.69, 9.17) is 17.3 Å². The van der Waals surface area contributed by atoms with Gasteiger partial charge in [0.2, 0.25) is 0 Å².